The summed E-state index contributed by atoms with van der Waals surface area (Å²) in [4.78, 5) is 22.0. The zero-order chi connectivity index (χ0) is 13.1. The number of ether oxygens (including phenoxy) is 2. The van der Waals surface area contributed by atoms with Crippen LogP contribution < -0.4 is 0 Å². The van der Waals surface area contributed by atoms with Crippen molar-refractivity contribution in [3.8, 4) is 0 Å². The van der Waals surface area contributed by atoms with Gasteiger partial charge in [-0.3, -0.25) is 9.59 Å². The van der Waals surface area contributed by atoms with Crippen LogP contribution in [0.1, 0.15) is 58.8 Å². The summed E-state index contributed by atoms with van der Waals surface area (Å²) in [5.41, 5.74) is 0. The minimum atomic E-state index is -0.340. The molecule has 4 nitrogen and oxygen atoms in total. The van der Waals surface area contributed by atoms with Crippen molar-refractivity contribution in [1.29, 1.82) is 0 Å². The molecule has 0 spiro atoms. The van der Waals surface area contributed by atoms with Crippen LogP contribution in [0.3, 0.4) is 0 Å². The lowest BCUT2D eigenvalue weighted by molar-refractivity contribution is -0.152. The fourth-order valence-corrected chi connectivity index (χ4v) is 1.68. The molecule has 0 saturated heterocycles. The molecule has 0 aliphatic rings. The predicted molar refractivity (Wildman–Crippen MR) is 65.6 cm³/mol. The molecule has 100 valence electrons. The van der Waals surface area contributed by atoms with E-state index in [-0.39, 0.29) is 24.5 Å². The molecule has 0 unspecified atom stereocenters. The largest absolute Gasteiger partial charge is 0.469 e. The van der Waals surface area contributed by atoms with Gasteiger partial charge in [0.2, 0.25) is 0 Å². The Morgan fingerprint density at radius 1 is 1.12 bits per heavy atom. The van der Waals surface area contributed by atoms with Gasteiger partial charge in [0, 0.05) is 6.92 Å². The van der Waals surface area contributed by atoms with Crippen LogP contribution in [0, 0.1) is 0 Å². The van der Waals surface area contributed by atoms with Crippen LogP contribution in [0.25, 0.3) is 0 Å². The number of carbonyl (C=O) groups excluding carboxylic acids is 2. The summed E-state index contributed by atoms with van der Waals surface area (Å²) >= 11 is 0. The van der Waals surface area contributed by atoms with Gasteiger partial charge >= 0.3 is 11.9 Å². The first-order valence-corrected chi connectivity index (χ1v) is 6.34. The minimum Gasteiger partial charge on any atom is -0.469 e. The monoisotopic (exact) mass is 244 g/mol. The maximum Gasteiger partial charge on any atom is 0.309 e. The van der Waals surface area contributed by atoms with Crippen molar-refractivity contribution in [3.63, 3.8) is 0 Å². The van der Waals surface area contributed by atoms with E-state index in [0.717, 1.165) is 19.3 Å². The normalized spacial score (nSPS) is 11.9. The maximum absolute atomic E-state index is 11.1. The van der Waals surface area contributed by atoms with Gasteiger partial charge in [0.15, 0.2) is 0 Å². The van der Waals surface area contributed by atoms with Crippen molar-refractivity contribution < 1.29 is 19.1 Å². The Bertz CT molecular complexity index is 225. The zero-order valence-corrected chi connectivity index (χ0v) is 11.2. The molecule has 0 radical (unpaired) electrons. The van der Waals surface area contributed by atoms with Crippen LogP contribution in [0.2, 0.25) is 0 Å². The first-order valence-electron chi connectivity index (χ1n) is 6.34. The summed E-state index contributed by atoms with van der Waals surface area (Å²) in [6.45, 7) is 3.53. The number of unbranched alkanes of at least 4 members (excludes halogenated alkanes) is 4. The van der Waals surface area contributed by atoms with E-state index in [2.05, 4.69) is 11.7 Å². The molecule has 0 aromatic carbocycles. The highest BCUT2D eigenvalue weighted by molar-refractivity contribution is 5.71. The number of carbonyl (C=O) groups is 2. The molecule has 0 amide bonds. The number of rotatable bonds is 9. The highest BCUT2D eigenvalue weighted by atomic mass is 16.6. The van der Waals surface area contributed by atoms with Crippen molar-refractivity contribution in [1.82, 2.24) is 0 Å². The Labute approximate surface area is 104 Å². The lowest BCUT2D eigenvalue weighted by Gasteiger charge is -2.15. The molecule has 0 aromatic rings. The molecular formula is C13H24O4. The third kappa shape index (κ3) is 9.85. The van der Waals surface area contributed by atoms with Gasteiger partial charge in [0.25, 0.3) is 0 Å². The van der Waals surface area contributed by atoms with Gasteiger partial charge in [0.1, 0.15) is 6.10 Å². The minimum absolute atomic E-state index is 0.157. The van der Waals surface area contributed by atoms with E-state index in [0.29, 0.717) is 0 Å². The molecule has 0 heterocycles. The predicted octanol–water partition coefficient (Wildman–Crippen LogP) is 2.84. The van der Waals surface area contributed by atoms with E-state index >= 15 is 0 Å². The second kappa shape index (κ2) is 10.1. The van der Waals surface area contributed by atoms with Gasteiger partial charge in [0.05, 0.1) is 13.5 Å². The van der Waals surface area contributed by atoms with Crippen LogP contribution in [0.5, 0.6) is 0 Å². The number of hydrogen-bond donors (Lipinski definition) is 0. The summed E-state index contributed by atoms with van der Waals surface area (Å²) in [6, 6.07) is 0. The smallest absolute Gasteiger partial charge is 0.309 e. The molecule has 0 saturated carbocycles. The van der Waals surface area contributed by atoms with E-state index in [1.807, 2.05) is 0 Å². The van der Waals surface area contributed by atoms with Gasteiger partial charge in [-0.15, -0.1) is 0 Å². The summed E-state index contributed by atoms with van der Waals surface area (Å²) in [5, 5.41) is 0. The molecule has 0 aliphatic carbocycles. The molecule has 0 aliphatic heterocycles. The van der Waals surface area contributed by atoms with Crippen molar-refractivity contribution in [2.45, 2.75) is 64.9 Å². The van der Waals surface area contributed by atoms with Crippen molar-refractivity contribution >= 4 is 11.9 Å². The number of methoxy groups -OCH3 is 1. The molecule has 0 bridgehead atoms. The van der Waals surface area contributed by atoms with E-state index in [1.165, 1.54) is 33.3 Å². The average molecular weight is 244 g/mol. The van der Waals surface area contributed by atoms with Crippen LogP contribution in [-0.4, -0.2) is 25.2 Å². The summed E-state index contributed by atoms with van der Waals surface area (Å²) in [7, 11) is 1.34. The quantitative estimate of drug-likeness (QED) is 0.462. The van der Waals surface area contributed by atoms with Crippen LogP contribution in [-0.2, 0) is 19.1 Å². The van der Waals surface area contributed by atoms with Crippen molar-refractivity contribution in [2.75, 3.05) is 7.11 Å². The molecule has 0 N–H and O–H groups in total. The summed E-state index contributed by atoms with van der Waals surface area (Å²) in [5.74, 6) is -0.669. The van der Waals surface area contributed by atoms with E-state index in [4.69, 9.17) is 4.74 Å². The SMILES string of the molecule is CCCCCCC[C@@H](CC(=O)OC)OC(C)=O. The molecule has 0 fully saturated rings. The number of hydrogen-bond acceptors (Lipinski definition) is 4. The highest BCUT2D eigenvalue weighted by Crippen LogP contribution is 2.13. The first kappa shape index (κ1) is 15.9. The van der Waals surface area contributed by atoms with Gasteiger partial charge in [-0.25, -0.2) is 0 Å². The second-order valence-corrected chi connectivity index (χ2v) is 4.21. The Hall–Kier alpha value is -1.06. The fourth-order valence-electron chi connectivity index (χ4n) is 1.68. The van der Waals surface area contributed by atoms with Crippen molar-refractivity contribution in [2.24, 2.45) is 0 Å². The van der Waals surface area contributed by atoms with E-state index < -0.39 is 0 Å². The topological polar surface area (TPSA) is 52.6 Å². The van der Waals surface area contributed by atoms with Crippen LogP contribution in [0.15, 0.2) is 0 Å². The van der Waals surface area contributed by atoms with Crippen molar-refractivity contribution in [3.05, 3.63) is 0 Å². The van der Waals surface area contributed by atoms with E-state index in [9.17, 15) is 9.59 Å². The Balaban J connectivity index is 3.84. The standard InChI is InChI=1S/C13H24O4/c1-4-5-6-7-8-9-12(17-11(2)14)10-13(15)16-3/h12H,4-10H2,1-3H3/t12-/m0/s1. The van der Waals surface area contributed by atoms with Crippen LogP contribution >= 0.6 is 0 Å². The Morgan fingerprint density at radius 3 is 2.29 bits per heavy atom. The summed E-state index contributed by atoms with van der Waals surface area (Å²) < 4.78 is 9.67. The molecule has 1 atom stereocenters. The molecule has 17 heavy (non-hydrogen) atoms. The van der Waals surface area contributed by atoms with Gasteiger partial charge in [-0.2, -0.15) is 0 Å². The molecule has 4 heteroatoms. The summed E-state index contributed by atoms with van der Waals surface area (Å²) in [6.07, 6.45) is 6.29. The third-order valence-electron chi connectivity index (χ3n) is 2.58. The first-order chi connectivity index (χ1) is 8.10. The lowest BCUT2D eigenvalue weighted by Crippen LogP contribution is -2.21. The third-order valence-corrected chi connectivity index (χ3v) is 2.58. The Kier molecular flexibility index (Phi) is 9.49. The maximum atomic E-state index is 11.1. The highest BCUT2D eigenvalue weighted by Gasteiger charge is 2.16. The van der Waals surface area contributed by atoms with Gasteiger partial charge in [-0.05, 0) is 12.8 Å². The molecule has 0 aromatic heterocycles. The van der Waals surface area contributed by atoms with Gasteiger partial charge in [-0.1, -0.05) is 32.6 Å². The zero-order valence-electron chi connectivity index (χ0n) is 11.2. The van der Waals surface area contributed by atoms with E-state index in [1.54, 1.807) is 0 Å². The Morgan fingerprint density at radius 2 is 1.76 bits per heavy atom. The number of esters is 2. The lowest BCUT2D eigenvalue weighted by atomic mass is 10.1. The molecule has 0 rings (SSSR count). The molecular weight excluding hydrogens is 220 g/mol. The van der Waals surface area contributed by atoms with Crippen LogP contribution in [0.4, 0.5) is 0 Å². The van der Waals surface area contributed by atoms with Gasteiger partial charge < -0.3 is 9.47 Å². The fraction of sp³-hybridized carbons (Fsp3) is 0.846. The second-order valence-electron chi connectivity index (χ2n) is 4.21. The average Bonchev–Trinajstić information content (AvgIpc) is 2.27.